The SMILES string of the molecule is Cc1cccc(C(=O)N(C)Cc2cccs2)c1F. The molecule has 0 saturated heterocycles. The number of carbonyl (C=O) groups excluding carboxylic acids is 1. The molecule has 94 valence electrons. The molecule has 0 saturated carbocycles. The first-order valence-corrected chi connectivity index (χ1v) is 6.50. The van der Waals surface area contributed by atoms with E-state index in [0.717, 1.165) is 4.88 Å². The summed E-state index contributed by atoms with van der Waals surface area (Å²) in [6.07, 6.45) is 0. The fourth-order valence-electron chi connectivity index (χ4n) is 1.73. The van der Waals surface area contributed by atoms with Crippen molar-refractivity contribution >= 4 is 17.2 Å². The van der Waals surface area contributed by atoms with E-state index in [-0.39, 0.29) is 11.5 Å². The molecule has 1 aromatic heterocycles. The third-order valence-electron chi connectivity index (χ3n) is 2.74. The molecule has 2 nitrogen and oxygen atoms in total. The van der Waals surface area contributed by atoms with Crippen LogP contribution >= 0.6 is 11.3 Å². The first-order chi connectivity index (χ1) is 8.59. The zero-order chi connectivity index (χ0) is 13.1. The molecule has 2 rings (SSSR count). The van der Waals surface area contributed by atoms with E-state index in [1.807, 2.05) is 17.5 Å². The summed E-state index contributed by atoms with van der Waals surface area (Å²) in [5.74, 6) is -0.717. The lowest BCUT2D eigenvalue weighted by Gasteiger charge is -2.17. The number of amides is 1. The van der Waals surface area contributed by atoms with Crippen LogP contribution in [0.4, 0.5) is 4.39 Å². The van der Waals surface area contributed by atoms with Crippen molar-refractivity contribution in [3.05, 3.63) is 57.5 Å². The molecule has 1 amide bonds. The zero-order valence-corrected chi connectivity index (χ0v) is 11.1. The van der Waals surface area contributed by atoms with E-state index in [1.54, 1.807) is 37.4 Å². The van der Waals surface area contributed by atoms with Gasteiger partial charge in [-0.3, -0.25) is 4.79 Å². The van der Waals surface area contributed by atoms with Crippen LogP contribution in [0.25, 0.3) is 0 Å². The molecular weight excluding hydrogens is 249 g/mol. The molecular formula is C14H14FNOS. The number of benzene rings is 1. The smallest absolute Gasteiger partial charge is 0.256 e. The summed E-state index contributed by atoms with van der Waals surface area (Å²) in [6, 6.07) is 8.78. The molecule has 0 bridgehead atoms. The molecule has 1 heterocycles. The molecule has 2 aromatic rings. The lowest BCUT2D eigenvalue weighted by Crippen LogP contribution is -2.26. The maximum absolute atomic E-state index is 13.8. The average Bonchev–Trinajstić information content (AvgIpc) is 2.84. The standard InChI is InChI=1S/C14H14FNOS/c1-10-5-3-7-12(13(10)15)14(17)16(2)9-11-6-4-8-18-11/h3-8H,9H2,1-2H3. The van der Waals surface area contributed by atoms with Gasteiger partial charge in [0.1, 0.15) is 5.82 Å². The Balaban J connectivity index is 2.18. The van der Waals surface area contributed by atoms with Gasteiger partial charge in [0.2, 0.25) is 0 Å². The van der Waals surface area contributed by atoms with Gasteiger partial charge in [-0.25, -0.2) is 4.39 Å². The minimum absolute atomic E-state index is 0.133. The maximum atomic E-state index is 13.8. The van der Waals surface area contributed by atoms with Crippen LogP contribution in [0, 0.1) is 12.7 Å². The number of carbonyl (C=O) groups is 1. The number of aryl methyl sites for hydroxylation is 1. The summed E-state index contributed by atoms with van der Waals surface area (Å²) >= 11 is 1.58. The molecule has 0 unspecified atom stereocenters. The van der Waals surface area contributed by atoms with Gasteiger partial charge in [-0.1, -0.05) is 18.2 Å². The largest absolute Gasteiger partial charge is 0.336 e. The highest BCUT2D eigenvalue weighted by Gasteiger charge is 2.17. The van der Waals surface area contributed by atoms with E-state index in [4.69, 9.17) is 0 Å². The van der Waals surface area contributed by atoms with E-state index in [9.17, 15) is 9.18 Å². The van der Waals surface area contributed by atoms with Crippen LogP contribution in [0.3, 0.4) is 0 Å². The second-order valence-corrected chi connectivity index (χ2v) is 5.21. The van der Waals surface area contributed by atoms with Crippen molar-refractivity contribution in [3.8, 4) is 0 Å². The molecule has 0 aliphatic carbocycles. The highest BCUT2D eigenvalue weighted by atomic mass is 32.1. The Morgan fingerprint density at radius 1 is 1.33 bits per heavy atom. The summed E-state index contributed by atoms with van der Waals surface area (Å²) in [6.45, 7) is 2.16. The third-order valence-corrected chi connectivity index (χ3v) is 3.60. The van der Waals surface area contributed by atoms with Gasteiger partial charge < -0.3 is 4.90 Å². The van der Waals surface area contributed by atoms with Crippen LogP contribution in [0.1, 0.15) is 20.8 Å². The van der Waals surface area contributed by atoms with Gasteiger partial charge in [0.05, 0.1) is 12.1 Å². The quantitative estimate of drug-likeness (QED) is 0.830. The fraction of sp³-hybridized carbons (Fsp3) is 0.214. The Kier molecular flexibility index (Phi) is 3.77. The number of rotatable bonds is 3. The van der Waals surface area contributed by atoms with Crippen LogP contribution in [-0.4, -0.2) is 17.9 Å². The normalized spacial score (nSPS) is 10.4. The van der Waals surface area contributed by atoms with Crippen molar-refractivity contribution in [1.82, 2.24) is 4.90 Å². The highest BCUT2D eigenvalue weighted by molar-refractivity contribution is 7.09. The summed E-state index contributed by atoms with van der Waals surface area (Å²) in [5.41, 5.74) is 0.624. The Morgan fingerprint density at radius 2 is 2.11 bits per heavy atom. The molecule has 0 atom stereocenters. The zero-order valence-electron chi connectivity index (χ0n) is 10.3. The van der Waals surface area contributed by atoms with Crippen LogP contribution < -0.4 is 0 Å². The molecule has 0 fully saturated rings. The van der Waals surface area contributed by atoms with Gasteiger partial charge in [-0.15, -0.1) is 11.3 Å². The van der Waals surface area contributed by atoms with Gasteiger partial charge in [0, 0.05) is 11.9 Å². The van der Waals surface area contributed by atoms with Gasteiger partial charge >= 0.3 is 0 Å². The van der Waals surface area contributed by atoms with Crippen molar-refractivity contribution in [1.29, 1.82) is 0 Å². The second kappa shape index (κ2) is 5.31. The molecule has 0 N–H and O–H groups in total. The molecule has 18 heavy (non-hydrogen) atoms. The molecule has 0 spiro atoms. The average molecular weight is 263 g/mol. The van der Waals surface area contributed by atoms with Gasteiger partial charge in [-0.05, 0) is 30.0 Å². The summed E-state index contributed by atoms with van der Waals surface area (Å²) < 4.78 is 13.8. The van der Waals surface area contributed by atoms with E-state index in [0.29, 0.717) is 12.1 Å². The monoisotopic (exact) mass is 263 g/mol. The van der Waals surface area contributed by atoms with Crippen molar-refractivity contribution in [2.45, 2.75) is 13.5 Å². The number of thiophene rings is 1. The van der Waals surface area contributed by atoms with Crippen molar-refractivity contribution in [2.75, 3.05) is 7.05 Å². The second-order valence-electron chi connectivity index (χ2n) is 4.18. The van der Waals surface area contributed by atoms with Crippen LogP contribution in [-0.2, 0) is 6.54 Å². The third kappa shape index (κ3) is 2.59. The predicted molar refractivity (Wildman–Crippen MR) is 71.3 cm³/mol. The molecule has 0 aliphatic heterocycles. The highest BCUT2D eigenvalue weighted by Crippen LogP contribution is 2.16. The summed E-state index contributed by atoms with van der Waals surface area (Å²) in [5, 5.41) is 1.96. The minimum atomic E-state index is -0.430. The molecule has 0 aliphatic rings. The Labute approximate surface area is 110 Å². The van der Waals surface area contributed by atoms with E-state index in [1.165, 1.54) is 11.0 Å². The molecule has 0 radical (unpaired) electrons. The van der Waals surface area contributed by atoms with E-state index < -0.39 is 5.82 Å². The first-order valence-electron chi connectivity index (χ1n) is 5.62. The van der Waals surface area contributed by atoms with Crippen LogP contribution in [0.15, 0.2) is 35.7 Å². The molecule has 1 aromatic carbocycles. The Hall–Kier alpha value is -1.68. The predicted octanol–water partition coefficient (Wildman–Crippen LogP) is 3.47. The summed E-state index contributed by atoms with van der Waals surface area (Å²) in [4.78, 5) is 14.7. The van der Waals surface area contributed by atoms with Gasteiger partial charge in [0.25, 0.3) is 5.91 Å². The number of halogens is 1. The first kappa shape index (κ1) is 12.8. The van der Waals surface area contributed by atoms with Crippen LogP contribution in [0.2, 0.25) is 0 Å². The topological polar surface area (TPSA) is 20.3 Å². The number of nitrogens with zero attached hydrogens (tertiary/aromatic N) is 1. The van der Waals surface area contributed by atoms with Crippen molar-refractivity contribution in [3.63, 3.8) is 0 Å². The fourth-order valence-corrected chi connectivity index (χ4v) is 2.48. The molecule has 4 heteroatoms. The maximum Gasteiger partial charge on any atom is 0.256 e. The minimum Gasteiger partial charge on any atom is -0.336 e. The van der Waals surface area contributed by atoms with Crippen LogP contribution in [0.5, 0.6) is 0 Å². The van der Waals surface area contributed by atoms with Crippen molar-refractivity contribution in [2.24, 2.45) is 0 Å². The lowest BCUT2D eigenvalue weighted by molar-refractivity contribution is 0.0781. The van der Waals surface area contributed by atoms with E-state index >= 15 is 0 Å². The number of hydrogen-bond acceptors (Lipinski definition) is 2. The summed E-state index contributed by atoms with van der Waals surface area (Å²) in [7, 11) is 1.68. The van der Waals surface area contributed by atoms with E-state index in [2.05, 4.69) is 0 Å². The van der Waals surface area contributed by atoms with Gasteiger partial charge in [0.15, 0.2) is 0 Å². The Morgan fingerprint density at radius 3 is 2.78 bits per heavy atom. The van der Waals surface area contributed by atoms with Crippen molar-refractivity contribution < 1.29 is 9.18 Å². The Bertz CT molecular complexity index is 551. The lowest BCUT2D eigenvalue weighted by atomic mass is 10.1. The number of hydrogen-bond donors (Lipinski definition) is 0. The van der Waals surface area contributed by atoms with Gasteiger partial charge in [-0.2, -0.15) is 0 Å².